The third kappa shape index (κ3) is 4.46. The van der Waals surface area contributed by atoms with Crippen LogP contribution in [0.4, 0.5) is 0 Å². The number of ketones is 1. The summed E-state index contributed by atoms with van der Waals surface area (Å²) in [6.07, 6.45) is 2.00. The Hall–Kier alpha value is -2.30. The Labute approximate surface area is 111 Å². The lowest BCUT2D eigenvalue weighted by molar-refractivity contribution is -0.134. The molecule has 0 aliphatic heterocycles. The van der Waals surface area contributed by atoms with Gasteiger partial charge in [-0.25, -0.2) is 4.79 Å². The number of carbonyl (C=O) groups is 2. The SMILES string of the molecule is COC(=O)/C=C/C(=O)c1cc(OC(C)C)ccc1O. The van der Waals surface area contributed by atoms with Crippen molar-refractivity contribution >= 4 is 11.8 Å². The average molecular weight is 264 g/mol. The molecule has 0 unspecified atom stereocenters. The second kappa shape index (κ2) is 6.58. The van der Waals surface area contributed by atoms with E-state index >= 15 is 0 Å². The van der Waals surface area contributed by atoms with Gasteiger partial charge in [0, 0.05) is 6.08 Å². The van der Waals surface area contributed by atoms with Gasteiger partial charge in [-0.05, 0) is 38.1 Å². The minimum absolute atomic E-state index is 0.0434. The quantitative estimate of drug-likeness (QED) is 0.501. The van der Waals surface area contributed by atoms with E-state index in [2.05, 4.69) is 4.74 Å². The molecule has 5 nitrogen and oxygen atoms in total. The number of methoxy groups -OCH3 is 1. The number of allylic oxidation sites excluding steroid dienone is 1. The number of esters is 1. The summed E-state index contributed by atoms with van der Waals surface area (Å²) in [5.74, 6) is -0.835. The number of benzene rings is 1. The van der Waals surface area contributed by atoms with Gasteiger partial charge >= 0.3 is 5.97 Å². The molecule has 0 amide bonds. The monoisotopic (exact) mass is 264 g/mol. The van der Waals surface area contributed by atoms with Gasteiger partial charge in [0.05, 0.1) is 18.8 Å². The van der Waals surface area contributed by atoms with Crippen molar-refractivity contribution in [3.05, 3.63) is 35.9 Å². The molecule has 0 saturated heterocycles. The molecular weight excluding hydrogens is 248 g/mol. The molecule has 102 valence electrons. The molecule has 0 heterocycles. The van der Waals surface area contributed by atoms with Crippen LogP contribution in [0.25, 0.3) is 0 Å². The number of phenols is 1. The molecule has 0 saturated carbocycles. The molecule has 0 radical (unpaired) electrons. The first-order valence-electron chi connectivity index (χ1n) is 5.74. The van der Waals surface area contributed by atoms with E-state index in [-0.39, 0.29) is 17.4 Å². The van der Waals surface area contributed by atoms with Crippen LogP contribution in [0.3, 0.4) is 0 Å². The van der Waals surface area contributed by atoms with E-state index in [4.69, 9.17) is 4.74 Å². The summed E-state index contributed by atoms with van der Waals surface area (Å²) >= 11 is 0. The van der Waals surface area contributed by atoms with E-state index in [9.17, 15) is 14.7 Å². The molecule has 0 aromatic heterocycles. The smallest absolute Gasteiger partial charge is 0.330 e. The van der Waals surface area contributed by atoms with E-state index in [0.717, 1.165) is 12.2 Å². The lowest BCUT2D eigenvalue weighted by Gasteiger charge is -2.11. The number of aromatic hydroxyl groups is 1. The van der Waals surface area contributed by atoms with Crippen LogP contribution >= 0.6 is 0 Å². The summed E-state index contributed by atoms with van der Waals surface area (Å²) in [6.45, 7) is 3.71. The van der Waals surface area contributed by atoms with Crippen LogP contribution < -0.4 is 4.74 Å². The normalized spacial score (nSPS) is 10.7. The van der Waals surface area contributed by atoms with Crippen LogP contribution in [0, 0.1) is 0 Å². The Morgan fingerprint density at radius 3 is 2.53 bits per heavy atom. The van der Waals surface area contributed by atoms with Crippen molar-refractivity contribution in [2.75, 3.05) is 7.11 Å². The van der Waals surface area contributed by atoms with Gasteiger partial charge < -0.3 is 14.6 Å². The number of carbonyl (C=O) groups excluding carboxylic acids is 2. The Balaban J connectivity index is 2.95. The van der Waals surface area contributed by atoms with Gasteiger partial charge in [-0.1, -0.05) is 0 Å². The van der Waals surface area contributed by atoms with Crippen LogP contribution in [0.15, 0.2) is 30.4 Å². The predicted octanol–water partition coefficient (Wildman–Crippen LogP) is 2.09. The number of ether oxygens (including phenoxy) is 2. The fraction of sp³-hybridized carbons (Fsp3) is 0.286. The number of hydrogen-bond acceptors (Lipinski definition) is 5. The maximum absolute atomic E-state index is 11.8. The van der Waals surface area contributed by atoms with Crippen molar-refractivity contribution in [2.24, 2.45) is 0 Å². The van der Waals surface area contributed by atoms with E-state index in [1.807, 2.05) is 13.8 Å². The molecule has 0 atom stereocenters. The topological polar surface area (TPSA) is 72.8 Å². The van der Waals surface area contributed by atoms with Crippen molar-refractivity contribution in [2.45, 2.75) is 20.0 Å². The molecule has 0 aliphatic rings. The number of rotatable bonds is 5. The van der Waals surface area contributed by atoms with Gasteiger partial charge in [-0.3, -0.25) is 4.79 Å². The maximum Gasteiger partial charge on any atom is 0.330 e. The number of phenolic OH excluding ortho intramolecular Hbond substituents is 1. The molecular formula is C14H16O5. The Morgan fingerprint density at radius 2 is 1.95 bits per heavy atom. The fourth-order valence-electron chi connectivity index (χ4n) is 1.36. The van der Waals surface area contributed by atoms with Crippen molar-refractivity contribution in [3.63, 3.8) is 0 Å². The summed E-state index contributed by atoms with van der Waals surface area (Å²) < 4.78 is 9.81. The van der Waals surface area contributed by atoms with Gasteiger partial charge in [0.1, 0.15) is 11.5 Å². The minimum atomic E-state index is -0.637. The molecule has 1 aromatic rings. The first kappa shape index (κ1) is 14.8. The Morgan fingerprint density at radius 1 is 1.26 bits per heavy atom. The second-order valence-corrected chi connectivity index (χ2v) is 4.07. The zero-order valence-electron chi connectivity index (χ0n) is 11.0. The van der Waals surface area contributed by atoms with Gasteiger partial charge in [0.2, 0.25) is 0 Å². The average Bonchev–Trinajstić information content (AvgIpc) is 2.37. The molecule has 0 bridgehead atoms. The van der Waals surface area contributed by atoms with Crippen LogP contribution in [0.5, 0.6) is 11.5 Å². The van der Waals surface area contributed by atoms with Gasteiger partial charge in [-0.2, -0.15) is 0 Å². The highest BCUT2D eigenvalue weighted by molar-refractivity contribution is 6.08. The molecule has 0 spiro atoms. The van der Waals surface area contributed by atoms with Crippen LogP contribution in [0.2, 0.25) is 0 Å². The Kier molecular flexibility index (Phi) is 5.11. The molecule has 5 heteroatoms. The largest absolute Gasteiger partial charge is 0.507 e. The summed E-state index contributed by atoms with van der Waals surface area (Å²) in [5, 5.41) is 9.64. The molecule has 0 fully saturated rings. The van der Waals surface area contributed by atoms with E-state index in [0.29, 0.717) is 5.75 Å². The van der Waals surface area contributed by atoms with Crippen molar-refractivity contribution in [1.29, 1.82) is 0 Å². The van der Waals surface area contributed by atoms with Gasteiger partial charge in [-0.15, -0.1) is 0 Å². The lowest BCUT2D eigenvalue weighted by atomic mass is 10.1. The maximum atomic E-state index is 11.8. The summed E-state index contributed by atoms with van der Waals surface area (Å²) in [6, 6.07) is 4.37. The van der Waals surface area contributed by atoms with Gasteiger partial charge in [0.15, 0.2) is 5.78 Å². The Bertz CT molecular complexity index is 503. The number of hydrogen-bond donors (Lipinski definition) is 1. The van der Waals surface area contributed by atoms with E-state index in [1.54, 1.807) is 6.07 Å². The van der Waals surface area contributed by atoms with E-state index < -0.39 is 11.8 Å². The zero-order chi connectivity index (χ0) is 14.4. The zero-order valence-corrected chi connectivity index (χ0v) is 11.0. The summed E-state index contributed by atoms with van der Waals surface area (Å²) in [7, 11) is 1.21. The first-order chi connectivity index (χ1) is 8.93. The van der Waals surface area contributed by atoms with Crippen molar-refractivity contribution < 1.29 is 24.2 Å². The molecule has 19 heavy (non-hydrogen) atoms. The lowest BCUT2D eigenvalue weighted by Crippen LogP contribution is -2.06. The fourth-order valence-corrected chi connectivity index (χ4v) is 1.36. The van der Waals surface area contributed by atoms with Crippen LogP contribution in [-0.4, -0.2) is 30.1 Å². The highest BCUT2D eigenvalue weighted by atomic mass is 16.5. The van der Waals surface area contributed by atoms with Crippen molar-refractivity contribution in [1.82, 2.24) is 0 Å². The molecule has 1 aromatic carbocycles. The highest BCUT2D eigenvalue weighted by Gasteiger charge is 2.11. The third-order valence-corrected chi connectivity index (χ3v) is 2.18. The highest BCUT2D eigenvalue weighted by Crippen LogP contribution is 2.24. The first-order valence-corrected chi connectivity index (χ1v) is 5.74. The summed E-state index contributed by atoms with van der Waals surface area (Å²) in [4.78, 5) is 22.7. The second-order valence-electron chi connectivity index (χ2n) is 4.07. The van der Waals surface area contributed by atoms with Crippen molar-refractivity contribution in [3.8, 4) is 11.5 Å². The minimum Gasteiger partial charge on any atom is -0.507 e. The molecule has 1 rings (SSSR count). The van der Waals surface area contributed by atoms with E-state index in [1.165, 1.54) is 19.2 Å². The standard InChI is InChI=1S/C14H16O5/c1-9(2)19-10-4-5-12(15)11(8-10)13(16)6-7-14(17)18-3/h4-9,15H,1-3H3/b7-6+. The van der Waals surface area contributed by atoms with Gasteiger partial charge in [0.25, 0.3) is 0 Å². The third-order valence-electron chi connectivity index (χ3n) is 2.18. The molecule has 1 N–H and O–H groups in total. The molecule has 0 aliphatic carbocycles. The van der Waals surface area contributed by atoms with Crippen LogP contribution in [-0.2, 0) is 9.53 Å². The van der Waals surface area contributed by atoms with Crippen LogP contribution in [0.1, 0.15) is 24.2 Å². The summed E-state index contributed by atoms with van der Waals surface area (Å²) in [5.41, 5.74) is 0.0679. The predicted molar refractivity (Wildman–Crippen MR) is 69.4 cm³/mol.